The predicted octanol–water partition coefficient (Wildman–Crippen LogP) is 16.0. The van der Waals surface area contributed by atoms with Gasteiger partial charge >= 0.3 is 0 Å². The highest BCUT2D eigenvalue weighted by Crippen LogP contribution is 2.67. The minimum Gasteiger partial charge on any atom is -0.335 e. The summed E-state index contributed by atoms with van der Waals surface area (Å²) in [5.74, 6) is 0. The zero-order chi connectivity index (χ0) is 50.6. The Kier molecular flexibility index (Phi) is 9.42. The van der Waals surface area contributed by atoms with Crippen molar-refractivity contribution >= 4 is 62.9 Å². The van der Waals surface area contributed by atoms with Gasteiger partial charge in [-0.3, -0.25) is 0 Å². The molecule has 6 aliphatic rings. The second-order valence-corrected chi connectivity index (χ2v) is 24.4. The first kappa shape index (κ1) is 44.9. The molecule has 4 aliphatic heterocycles. The molecule has 4 atom stereocenters. The number of rotatable bonds is 5. The van der Waals surface area contributed by atoms with E-state index in [1.165, 1.54) is 125 Å². The third kappa shape index (κ3) is 5.89. The van der Waals surface area contributed by atoms with Gasteiger partial charge in [0.25, 0.3) is 6.71 Å². The maximum Gasteiger partial charge on any atom is 0.252 e. The molecule has 0 bridgehead atoms. The first-order chi connectivity index (χ1) is 36.4. The van der Waals surface area contributed by atoms with E-state index in [9.17, 15) is 0 Å². The summed E-state index contributed by atoms with van der Waals surface area (Å²) in [5.41, 5.74) is 25.9. The predicted molar refractivity (Wildman–Crippen MR) is 316 cm³/mol. The molecule has 0 amide bonds. The van der Waals surface area contributed by atoms with E-state index >= 15 is 0 Å². The molecule has 0 spiro atoms. The number of aryl methyl sites for hydroxylation is 1. The first-order valence-corrected chi connectivity index (χ1v) is 27.8. The van der Waals surface area contributed by atoms with E-state index in [-0.39, 0.29) is 34.0 Å². The van der Waals surface area contributed by atoms with Gasteiger partial charge in [-0.2, -0.15) is 0 Å². The molecule has 0 radical (unpaired) electrons. The van der Waals surface area contributed by atoms with Gasteiger partial charge in [0, 0.05) is 50.6 Å². The number of hydrogen-bond acceptors (Lipinski definition) is 3. The lowest BCUT2D eigenvalue weighted by Gasteiger charge is -2.55. The summed E-state index contributed by atoms with van der Waals surface area (Å²) in [4.78, 5) is 8.40. The largest absolute Gasteiger partial charge is 0.335 e. The molecule has 0 aromatic heterocycles. The second kappa shape index (κ2) is 15.7. The maximum atomic E-state index is 2.93. The van der Waals surface area contributed by atoms with Gasteiger partial charge in [0.05, 0.1) is 11.1 Å². The van der Waals surface area contributed by atoms with E-state index in [0.29, 0.717) is 0 Å². The van der Waals surface area contributed by atoms with Crippen molar-refractivity contribution in [1.29, 1.82) is 0 Å². The summed E-state index contributed by atoms with van der Waals surface area (Å²) < 4.78 is 0. The molecular weight excluding hydrogens is 906 g/mol. The number of anilines is 7. The summed E-state index contributed by atoms with van der Waals surface area (Å²) in [6.45, 7) is 14.9. The fourth-order valence-corrected chi connectivity index (χ4v) is 16.1. The highest BCUT2D eigenvalue weighted by Gasteiger charge is 2.65. The topological polar surface area (TPSA) is 9.72 Å². The Morgan fingerprint density at radius 1 is 0.453 bits per heavy atom. The van der Waals surface area contributed by atoms with Crippen LogP contribution in [0.3, 0.4) is 0 Å². The zero-order valence-electron chi connectivity index (χ0n) is 44.3. The number of para-hydroxylation sites is 1. The lowest BCUT2D eigenvalue weighted by molar-refractivity contribution is 0.215. The highest BCUT2D eigenvalue weighted by molar-refractivity contribution is 7.00. The molecule has 9 aromatic carbocycles. The minimum atomic E-state index is -0.383. The fraction of sp³-hybridized carbons (Fsp3) is 0.239. The van der Waals surface area contributed by atoms with Gasteiger partial charge in [-0.25, -0.2) is 0 Å². The molecule has 1 fully saturated rings. The Labute approximate surface area is 444 Å². The van der Waals surface area contributed by atoms with Crippen LogP contribution in [0.4, 0.5) is 39.8 Å². The normalized spacial score (nSPS) is 23.4. The molecule has 9 aromatic rings. The summed E-state index contributed by atoms with van der Waals surface area (Å²) in [7, 11) is 0. The van der Waals surface area contributed by atoms with E-state index in [4.69, 9.17) is 0 Å². The van der Waals surface area contributed by atoms with Gasteiger partial charge in [-0.15, -0.1) is 0 Å². The van der Waals surface area contributed by atoms with Crippen LogP contribution >= 0.6 is 0 Å². The van der Waals surface area contributed by atoms with Crippen LogP contribution < -0.4 is 31.1 Å². The molecular formula is C71H64BN3. The molecule has 2 aliphatic carbocycles. The summed E-state index contributed by atoms with van der Waals surface area (Å²) in [6.07, 6.45) is 6.76. The molecule has 4 unspecified atom stereocenters. The van der Waals surface area contributed by atoms with Crippen LogP contribution in [0.1, 0.15) is 107 Å². The van der Waals surface area contributed by atoms with Crippen molar-refractivity contribution in [3.05, 3.63) is 240 Å². The molecule has 4 heterocycles. The Morgan fingerprint density at radius 2 is 1.08 bits per heavy atom. The van der Waals surface area contributed by atoms with Gasteiger partial charge in [0.15, 0.2) is 0 Å². The van der Waals surface area contributed by atoms with E-state index < -0.39 is 0 Å². The first-order valence-electron chi connectivity index (χ1n) is 27.8. The lowest BCUT2D eigenvalue weighted by Crippen LogP contribution is -2.65. The summed E-state index contributed by atoms with van der Waals surface area (Å²) >= 11 is 0. The Bertz CT molecular complexity index is 3790. The van der Waals surface area contributed by atoms with Gasteiger partial charge in [-0.05, 0) is 153 Å². The van der Waals surface area contributed by atoms with Crippen molar-refractivity contribution in [3.8, 4) is 22.3 Å². The minimum absolute atomic E-state index is 0.00166. The molecule has 366 valence electrons. The molecule has 15 rings (SSSR count). The summed E-state index contributed by atoms with van der Waals surface area (Å²) in [5, 5.41) is 0. The van der Waals surface area contributed by atoms with Crippen molar-refractivity contribution in [3.63, 3.8) is 0 Å². The van der Waals surface area contributed by atoms with Crippen molar-refractivity contribution < 1.29 is 0 Å². The number of nitrogens with zero attached hydrogens (tertiary/aromatic N) is 3. The summed E-state index contributed by atoms with van der Waals surface area (Å²) in [6, 6.07) is 79.9. The molecule has 1 saturated carbocycles. The quantitative estimate of drug-likeness (QED) is 0.159. The molecule has 3 nitrogen and oxygen atoms in total. The van der Waals surface area contributed by atoms with Crippen LogP contribution in [0.25, 0.3) is 22.3 Å². The average Bonchev–Trinajstić information content (AvgIpc) is 4.09. The van der Waals surface area contributed by atoms with Crippen LogP contribution in [-0.4, -0.2) is 12.3 Å². The van der Waals surface area contributed by atoms with Gasteiger partial charge in [0.1, 0.15) is 0 Å². The van der Waals surface area contributed by atoms with E-state index in [1.54, 1.807) is 0 Å². The fourth-order valence-electron chi connectivity index (χ4n) is 16.1. The van der Waals surface area contributed by atoms with Gasteiger partial charge in [0.2, 0.25) is 0 Å². The van der Waals surface area contributed by atoms with Crippen LogP contribution in [0.2, 0.25) is 0 Å². The van der Waals surface area contributed by atoms with Crippen LogP contribution in [-0.2, 0) is 28.2 Å². The zero-order valence-corrected chi connectivity index (χ0v) is 44.3. The molecule has 0 saturated heterocycles. The van der Waals surface area contributed by atoms with Crippen molar-refractivity contribution in [2.75, 3.05) is 14.7 Å². The highest BCUT2D eigenvalue weighted by atomic mass is 15.3. The van der Waals surface area contributed by atoms with Crippen molar-refractivity contribution in [1.82, 2.24) is 0 Å². The molecule has 4 heteroatoms. The number of fused-ring (bicyclic) bond motifs is 12. The SMILES string of the molecule is CC(C)(C)c1ccc2c(c1)C1(C)CCc3ccccc3C1(C)N2c1cc2c3c(c1)N1c4c(cccc4C4(c5ccccc5)CCCCC14C)B3c1cc(-c3ccccc3)ccc1N2c1ccc(-c2ccccc2)cc1. The number of benzene rings is 9. The Morgan fingerprint density at radius 3 is 1.83 bits per heavy atom. The second-order valence-electron chi connectivity index (χ2n) is 24.4. The van der Waals surface area contributed by atoms with E-state index in [1.807, 2.05) is 0 Å². The van der Waals surface area contributed by atoms with Crippen LogP contribution in [0.5, 0.6) is 0 Å². The Hall–Kier alpha value is -7.56. The monoisotopic (exact) mass is 970 g/mol. The Balaban J connectivity index is 1.07. The maximum absolute atomic E-state index is 2.93. The average molecular weight is 970 g/mol. The smallest absolute Gasteiger partial charge is 0.252 e. The van der Waals surface area contributed by atoms with Crippen molar-refractivity contribution in [2.24, 2.45) is 0 Å². The van der Waals surface area contributed by atoms with Gasteiger partial charge < -0.3 is 14.7 Å². The molecule has 75 heavy (non-hydrogen) atoms. The van der Waals surface area contributed by atoms with Crippen molar-refractivity contribution in [2.45, 2.75) is 107 Å². The molecule has 0 N–H and O–H groups in total. The number of hydrogen-bond donors (Lipinski definition) is 0. The van der Waals surface area contributed by atoms with Crippen LogP contribution in [0.15, 0.2) is 206 Å². The van der Waals surface area contributed by atoms with Gasteiger partial charge in [-0.1, -0.05) is 210 Å². The standard InChI is InChI=1S/C71H64BN3/c1-67(2,3)53-34-38-61-58(44-53)68(4)42-39-50-25-16-17-28-56(50)70(68,6)74(61)55-45-63-65-64(46-55)75-66-57(71(52-26-14-9-15-27-52)41-19-18-40-69(71,75)5)29-20-30-59(66)72(65)60-43-51(48-23-12-8-13-24-48)33-37-62(60)73(63)54-35-31-49(32-36-54)47-21-10-7-11-22-47/h7-17,20-38,43-46H,18-19,39-42H2,1-6H3. The third-order valence-electron chi connectivity index (χ3n) is 19.9. The third-order valence-corrected chi connectivity index (χ3v) is 19.9. The van der Waals surface area contributed by atoms with E-state index in [0.717, 1.165) is 25.7 Å². The lowest BCUT2D eigenvalue weighted by atomic mass is 9.33. The van der Waals surface area contributed by atoms with Crippen LogP contribution in [0, 0.1) is 0 Å². The van der Waals surface area contributed by atoms with E-state index in [2.05, 4.69) is 262 Å².